The SMILES string of the molecule is COc1ccc(Br)cc1C(c1cccc(Cl)c1)N1CCCNCC1. The molecule has 1 aliphatic heterocycles. The molecule has 1 N–H and O–H groups in total. The van der Waals surface area contributed by atoms with E-state index in [0.29, 0.717) is 0 Å². The van der Waals surface area contributed by atoms with Crippen LogP contribution in [0.1, 0.15) is 23.6 Å². The molecule has 3 nitrogen and oxygen atoms in total. The molecule has 1 unspecified atom stereocenters. The van der Waals surface area contributed by atoms with Crippen molar-refractivity contribution in [2.45, 2.75) is 12.5 Å². The Morgan fingerprint density at radius 3 is 2.83 bits per heavy atom. The molecule has 0 aliphatic carbocycles. The van der Waals surface area contributed by atoms with Crippen LogP contribution in [-0.2, 0) is 0 Å². The summed E-state index contributed by atoms with van der Waals surface area (Å²) in [5, 5.41) is 4.24. The van der Waals surface area contributed by atoms with Crippen LogP contribution >= 0.6 is 27.5 Å². The molecular weight excluding hydrogens is 388 g/mol. The second-order valence-electron chi connectivity index (χ2n) is 5.98. The molecule has 1 fully saturated rings. The van der Waals surface area contributed by atoms with E-state index in [1.807, 2.05) is 24.3 Å². The number of nitrogens with one attached hydrogen (secondary N) is 1. The van der Waals surface area contributed by atoms with Crippen molar-refractivity contribution in [2.24, 2.45) is 0 Å². The summed E-state index contributed by atoms with van der Waals surface area (Å²) in [5.74, 6) is 0.903. The Morgan fingerprint density at radius 1 is 1.17 bits per heavy atom. The Labute approximate surface area is 157 Å². The Kier molecular flexibility index (Phi) is 6.17. The van der Waals surface area contributed by atoms with Gasteiger partial charge in [0.05, 0.1) is 13.2 Å². The van der Waals surface area contributed by atoms with Gasteiger partial charge in [-0.2, -0.15) is 0 Å². The largest absolute Gasteiger partial charge is 0.496 e. The minimum absolute atomic E-state index is 0.121. The lowest BCUT2D eigenvalue weighted by molar-refractivity contribution is 0.236. The molecule has 128 valence electrons. The molecule has 3 rings (SSSR count). The van der Waals surface area contributed by atoms with Crippen molar-refractivity contribution in [2.75, 3.05) is 33.3 Å². The van der Waals surface area contributed by atoms with E-state index in [9.17, 15) is 0 Å². The topological polar surface area (TPSA) is 24.5 Å². The molecule has 2 aromatic carbocycles. The van der Waals surface area contributed by atoms with Gasteiger partial charge in [0.1, 0.15) is 5.75 Å². The zero-order valence-electron chi connectivity index (χ0n) is 13.8. The third kappa shape index (κ3) is 4.12. The first kappa shape index (κ1) is 17.7. The minimum Gasteiger partial charge on any atom is -0.496 e. The summed E-state index contributed by atoms with van der Waals surface area (Å²) in [6.07, 6.45) is 1.13. The third-order valence-corrected chi connectivity index (χ3v) is 5.12. The van der Waals surface area contributed by atoms with Crippen molar-refractivity contribution in [3.05, 3.63) is 63.1 Å². The van der Waals surface area contributed by atoms with Crippen LogP contribution < -0.4 is 10.1 Å². The molecule has 0 bridgehead atoms. The first-order valence-electron chi connectivity index (χ1n) is 8.22. The van der Waals surface area contributed by atoms with Gasteiger partial charge in [-0.05, 0) is 48.9 Å². The number of rotatable bonds is 4. The highest BCUT2D eigenvalue weighted by molar-refractivity contribution is 9.10. The standard InChI is InChI=1S/C19H22BrClN2O/c1-24-18-7-6-15(20)13-17(18)19(14-4-2-5-16(21)12-14)23-10-3-8-22-9-11-23/h2,4-7,12-13,19,22H,3,8-11H2,1H3. The van der Waals surface area contributed by atoms with Crippen molar-refractivity contribution in [3.63, 3.8) is 0 Å². The Hall–Kier alpha value is -1.07. The molecule has 0 spiro atoms. The van der Waals surface area contributed by atoms with Crippen LogP contribution in [0, 0.1) is 0 Å². The summed E-state index contributed by atoms with van der Waals surface area (Å²) >= 11 is 9.89. The molecular formula is C19H22BrClN2O. The van der Waals surface area contributed by atoms with Crippen LogP contribution in [-0.4, -0.2) is 38.2 Å². The minimum atomic E-state index is 0.121. The van der Waals surface area contributed by atoms with E-state index in [0.717, 1.165) is 53.4 Å². The predicted molar refractivity (Wildman–Crippen MR) is 103 cm³/mol. The maximum absolute atomic E-state index is 6.28. The molecule has 5 heteroatoms. The first-order valence-corrected chi connectivity index (χ1v) is 9.40. The van der Waals surface area contributed by atoms with Crippen LogP contribution in [0.25, 0.3) is 0 Å². The lowest BCUT2D eigenvalue weighted by Gasteiger charge is -2.32. The first-order chi connectivity index (χ1) is 11.7. The van der Waals surface area contributed by atoms with Crippen LogP contribution in [0.5, 0.6) is 5.75 Å². The maximum Gasteiger partial charge on any atom is 0.124 e. The van der Waals surface area contributed by atoms with Crippen LogP contribution in [0.3, 0.4) is 0 Å². The average Bonchev–Trinajstić information content (AvgIpc) is 2.85. The van der Waals surface area contributed by atoms with Gasteiger partial charge in [-0.1, -0.05) is 39.7 Å². The summed E-state index contributed by atoms with van der Waals surface area (Å²) in [6, 6.07) is 14.5. The van der Waals surface area contributed by atoms with E-state index >= 15 is 0 Å². The molecule has 1 aliphatic rings. The fourth-order valence-corrected chi connectivity index (χ4v) is 3.88. The molecule has 24 heavy (non-hydrogen) atoms. The number of ether oxygens (including phenoxy) is 1. The third-order valence-electron chi connectivity index (χ3n) is 4.39. The van der Waals surface area contributed by atoms with Crippen molar-refractivity contribution in [1.29, 1.82) is 0 Å². The predicted octanol–water partition coefficient (Wildman–Crippen LogP) is 4.50. The molecule has 1 atom stereocenters. The molecule has 0 amide bonds. The number of hydrogen-bond donors (Lipinski definition) is 1. The lowest BCUT2D eigenvalue weighted by Crippen LogP contribution is -2.33. The number of hydrogen-bond acceptors (Lipinski definition) is 3. The Bertz CT molecular complexity index is 687. The van der Waals surface area contributed by atoms with Crippen molar-refractivity contribution in [3.8, 4) is 5.75 Å². The maximum atomic E-state index is 6.28. The second kappa shape index (κ2) is 8.34. The summed E-state index contributed by atoms with van der Waals surface area (Å²) in [5.41, 5.74) is 2.36. The number of methoxy groups -OCH3 is 1. The summed E-state index contributed by atoms with van der Waals surface area (Å²) in [6.45, 7) is 4.09. The van der Waals surface area contributed by atoms with Gasteiger partial charge in [0.2, 0.25) is 0 Å². The van der Waals surface area contributed by atoms with Crippen LogP contribution in [0.2, 0.25) is 5.02 Å². The van der Waals surface area contributed by atoms with Gasteiger partial charge in [-0.15, -0.1) is 0 Å². The van der Waals surface area contributed by atoms with E-state index in [-0.39, 0.29) is 6.04 Å². The van der Waals surface area contributed by atoms with Gasteiger partial charge < -0.3 is 10.1 Å². The van der Waals surface area contributed by atoms with E-state index in [1.54, 1.807) is 7.11 Å². The summed E-state index contributed by atoms with van der Waals surface area (Å²) in [7, 11) is 1.73. The smallest absolute Gasteiger partial charge is 0.124 e. The molecule has 0 saturated carbocycles. The molecule has 2 aromatic rings. The highest BCUT2D eigenvalue weighted by Gasteiger charge is 2.26. The van der Waals surface area contributed by atoms with E-state index in [2.05, 4.69) is 44.3 Å². The van der Waals surface area contributed by atoms with Gasteiger partial charge in [0.25, 0.3) is 0 Å². The van der Waals surface area contributed by atoms with Gasteiger partial charge >= 0.3 is 0 Å². The Balaban J connectivity index is 2.09. The van der Waals surface area contributed by atoms with Gasteiger partial charge in [0.15, 0.2) is 0 Å². The molecule has 1 saturated heterocycles. The number of benzene rings is 2. The normalized spacial score (nSPS) is 17.3. The fourth-order valence-electron chi connectivity index (χ4n) is 3.31. The van der Waals surface area contributed by atoms with Gasteiger partial charge in [0, 0.05) is 34.7 Å². The van der Waals surface area contributed by atoms with Crippen LogP contribution in [0.4, 0.5) is 0 Å². The van der Waals surface area contributed by atoms with Gasteiger partial charge in [-0.25, -0.2) is 0 Å². The highest BCUT2D eigenvalue weighted by atomic mass is 79.9. The molecule has 0 radical (unpaired) electrons. The fraction of sp³-hybridized carbons (Fsp3) is 0.368. The van der Waals surface area contributed by atoms with Crippen molar-refractivity contribution in [1.82, 2.24) is 10.2 Å². The highest BCUT2D eigenvalue weighted by Crippen LogP contribution is 2.37. The van der Waals surface area contributed by atoms with E-state index in [1.165, 1.54) is 5.56 Å². The van der Waals surface area contributed by atoms with Gasteiger partial charge in [-0.3, -0.25) is 4.90 Å². The average molecular weight is 410 g/mol. The lowest BCUT2D eigenvalue weighted by atomic mass is 9.96. The molecule has 1 heterocycles. The molecule has 0 aromatic heterocycles. The second-order valence-corrected chi connectivity index (χ2v) is 7.34. The van der Waals surface area contributed by atoms with Crippen molar-refractivity contribution >= 4 is 27.5 Å². The summed E-state index contributed by atoms with van der Waals surface area (Å²) in [4.78, 5) is 2.51. The van der Waals surface area contributed by atoms with Crippen molar-refractivity contribution < 1.29 is 4.74 Å². The van der Waals surface area contributed by atoms with Crippen LogP contribution in [0.15, 0.2) is 46.9 Å². The van der Waals surface area contributed by atoms with E-state index < -0.39 is 0 Å². The van der Waals surface area contributed by atoms with E-state index in [4.69, 9.17) is 16.3 Å². The quantitative estimate of drug-likeness (QED) is 0.805. The zero-order valence-corrected chi connectivity index (χ0v) is 16.1. The number of nitrogens with zero attached hydrogens (tertiary/aromatic N) is 1. The Morgan fingerprint density at radius 2 is 2.04 bits per heavy atom. The number of halogens is 2. The zero-order chi connectivity index (χ0) is 16.9. The summed E-state index contributed by atoms with van der Waals surface area (Å²) < 4.78 is 6.71. The monoisotopic (exact) mass is 408 g/mol.